The predicted molar refractivity (Wildman–Crippen MR) is 72.0 cm³/mol. The Morgan fingerprint density at radius 1 is 1.35 bits per heavy atom. The lowest BCUT2D eigenvalue weighted by Gasteiger charge is -2.10. The molecule has 0 saturated carbocycles. The van der Waals surface area contributed by atoms with Crippen molar-refractivity contribution in [3.05, 3.63) is 37.7 Å². The van der Waals surface area contributed by atoms with Crippen molar-refractivity contribution in [2.24, 2.45) is 0 Å². The maximum Gasteiger partial charge on any atom is 0.416 e. The summed E-state index contributed by atoms with van der Waals surface area (Å²) in [5, 5.41) is 9.21. The Labute approximate surface area is 128 Å². The molecule has 1 aromatic heterocycles. The van der Waals surface area contributed by atoms with E-state index in [1.165, 1.54) is 6.07 Å². The van der Waals surface area contributed by atoms with Gasteiger partial charge in [0.1, 0.15) is 0 Å². The highest BCUT2D eigenvalue weighted by atomic mass is 79.9. The maximum absolute atomic E-state index is 12.6. The third kappa shape index (κ3) is 3.47. The fourth-order valence-corrected chi connectivity index (χ4v) is 2.34. The molecule has 1 heterocycles. The number of halogens is 5. The number of nitrogens with zero attached hydrogens (tertiary/aromatic N) is 2. The van der Waals surface area contributed by atoms with Crippen molar-refractivity contribution >= 4 is 50.5 Å². The molecule has 0 bridgehead atoms. The second-order valence-corrected chi connectivity index (χ2v) is 5.92. The molecule has 0 aliphatic rings. The molecule has 10 heteroatoms. The molecule has 0 atom stereocenters. The number of alkyl halides is 3. The first-order chi connectivity index (χ1) is 9.27. The number of carbonyl (C=O) groups excluding carboxylic acids is 1. The minimum absolute atomic E-state index is 0.0175. The SMILES string of the molecule is O=C(Nc1cc(C(F)(F)F)ccc1Br)c1nnc(Cl)s1. The summed E-state index contributed by atoms with van der Waals surface area (Å²) in [6, 6.07) is 2.93. The van der Waals surface area contributed by atoms with Crippen LogP contribution in [0.1, 0.15) is 15.4 Å². The second kappa shape index (κ2) is 5.66. The lowest BCUT2D eigenvalue weighted by Crippen LogP contribution is -2.13. The van der Waals surface area contributed by atoms with Gasteiger partial charge in [0.05, 0.1) is 11.3 Å². The molecule has 0 unspecified atom stereocenters. The summed E-state index contributed by atoms with van der Waals surface area (Å²) >= 11 is 9.42. The molecule has 1 aromatic carbocycles. The van der Waals surface area contributed by atoms with Crippen LogP contribution in [0.2, 0.25) is 4.47 Å². The number of hydrogen-bond acceptors (Lipinski definition) is 4. The molecule has 2 rings (SSSR count). The number of anilines is 1. The van der Waals surface area contributed by atoms with Crippen LogP contribution in [0, 0.1) is 0 Å². The molecule has 0 radical (unpaired) electrons. The Morgan fingerprint density at radius 3 is 2.60 bits per heavy atom. The van der Waals surface area contributed by atoms with Crippen molar-refractivity contribution in [2.75, 3.05) is 5.32 Å². The highest BCUT2D eigenvalue weighted by Gasteiger charge is 2.31. The quantitative estimate of drug-likeness (QED) is 0.840. The van der Waals surface area contributed by atoms with Gasteiger partial charge in [0, 0.05) is 4.47 Å². The van der Waals surface area contributed by atoms with E-state index in [4.69, 9.17) is 11.6 Å². The van der Waals surface area contributed by atoms with Crippen LogP contribution < -0.4 is 5.32 Å². The van der Waals surface area contributed by atoms with Gasteiger partial charge in [-0.3, -0.25) is 4.79 Å². The third-order valence-corrected chi connectivity index (χ3v) is 3.85. The van der Waals surface area contributed by atoms with Gasteiger partial charge in [0.15, 0.2) is 0 Å². The van der Waals surface area contributed by atoms with Crippen molar-refractivity contribution < 1.29 is 18.0 Å². The summed E-state index contributed by atoms with van der Waals surface area (Å²) in [6.45, 7) is 0. The number of benzene rings is 1. The monoisotopic (exact) mass is 385 g/mol. The third-order valence-electron chi connectivity index (χ3n) is 2.14. The van der Waals surface area contributed by atoms with Crippen LogP contribution in [-0.4, -0.2) is 16.1 Å². The van der Waals surface area contributed by atoms with Gasteiger partial charge in [-0.15, -0.1) is 10.2 Å². The molecule has 1 amide bonds. The van der Waals surface area contributed by atoms with Gasteiger partial charge in [-0.25, -0.2) is 0 Å². The summed E-state index contributed by atoms with van der Waals surface area (Å²) in [5.41, 5.74) is -0.887. The van der Waals surface area contributed by atoms with Crippen LogP contribution in [0.5, 0.6) is 0 Å². The van der Waals surface area contributed by atoms with E-state index in [0.717, 1.165) is 23.5 Å². The zero-order valence-corrected chi connectivity index (χ0v) is 12.5. The number of hydrogen-bond donors (Lipinski definition) is 1. The molecular weight excluding hydrogens is 383 g/mol. The average molecular weight is 387 g/mol. The second-order valence-electron chi connectivity index (χ2n) is 3.51. The van der Waals surface area contributed by atoms with E-state index in [1.54, 1.807) is 0 Å². The molecule has 0 aliphatic heterocycles. The molecular formula is C10H4BrClF3N3OS. The largest absolute Gasteiger partial charge is 0.416 e. The number of rotatable bonds is 2. The lowest BCUT2D eigenvalue weighted by molar-refractivity contribution is -0.137. The normalized spacial score (nSPS) is 11.4. The zero-order valence-electron chi connectivity index (χ0n) is 9.33. The van der Waals surface area contributed by atoms with Gasteiger partial charge in [-0.05, 0) is 45.7 Å². The van der Waals surface area contributed by atoms with Crippen LogP contribution in [0.4, 0.5) is 18.9 Å². The Morgan fingerprint density at radius 2 is 2.05 bits per heavy atom. The van der Waals surface area contributed by atoms with Gasteiger partial charge in [-0.2, -0.15) is 13.2 Å². The van der Waals surface area contributed by atoms with Crippen LogP contribution in [0.25, 0.3) is 0 Å². The fourth-order valence-electron chi connectivity index (χ4n) is 1.27. The van der Waals surface area contributed by atoms with Gasteiger partial charge < -0.3 is 5.32 Å². The van der Waals surface area contributed by atoms with Gasteiger partial charge in [0.25, 0.3) is 5.91 Å². The standard InChI is InChI=1S/C10H4BrClF3N3OS/c11-5-2-1-4(10(13,14)15)3-6(5)16-7(19)8-17-18-9(12)20-8/h1-3H,(H,16,19). The molecule has 1 N–H and O–H groups in total. The van der Waals surface area contributed by atoms with Gasteiger partial charge in [-0.1, -0.05) is 11.3 Å². The maximum atomic E-state index is 12.6. The minimum atomic E-state index is -4.49. The van der Waals surface area contributed by atoms with Gasteiger partial charge in [0.2, 0.25) is 9.47 Å². The van der Waals surface area contributed by atoms with Crippen molar-refractivity contribution in [1.82, 2.24) is 10.2 Å². The first-order valence-corrected chi connectivity index (χ1v) is 6.93. The Balaban J connectivity index is 2.27. The van der Waals surface area contributed by atoms with Crippen molar-refractivity contribution in [1.29, 1.82) is 0 Å². The number of amides is 1. The summed E-state index contributed by atoms with van der Waals surface area (Å²) in [7, 11) is 0. The first-order valence-electron chi connectivity index (χ1n) is 4.94. The van der Waals surface area contributed by atoms with Crippen LogP contribution in [0.3, 0.4) is 0 Å². The van der Waals surface area contributed by atoms with E-state index in [-0.39, 0.29) is 15.2 Å². The highest BCUT2D eigenvalue weighted by molar-refractivity contribution is 9.10. The smallest absolute Gasteiger partial charge is 0.319 e. The molecule has 4 nitrogen and oxygen atoms in total. The van der Waals surface area contributed by atoms with Gasteiger partial charge >= 0.3 is 6.18 Å². The fraction of sp³-hybridized carbons (Fsp3) is 0.100. The van der Waals surface area contributed by atoms with E-state index in [1.807, 2.05) is 0 Å². The molecule has 0 aliphatic carbocycles. The van der Waals surface area contributed by atoms with E-state index in [9.17, 15) is 18.0 Å². The Bertz CT molecular complexity index is 661. The average Bonchev–Trinajstić information content (AvgIpc) is 2.77. The van der Waals surface area contributed by atoms with Crippen LogP contribution in [0.15, 0.2) is 22.7 Å². The minimum Gasteiger partial charge on any atom is -0.319 e. The Kier molecular flexibility index (Phi) is 4.31. The molecule has 0 spiro atoms. The van der Waals surface area contributed by atoms with E-state index >= 15 is 0 Å². The summed E-state index contributed by atoms with van der Waals surface area (Å²) in [5.74, 6) is -0.686. The molecule has 106 valence electrons. The van der Waals surface area contributed by atoms with E-state index in [0.29, 0.717) is 4.47 Å². The van der Waals surface area contributed by atoms with E-state index in [2.05, 4.69) is 31.4 Å². The van der Waals surface area contributed by atoms with E-state index < -0.39 is 17.6 Å². The zero-order chi connectivity index (χ0) is 14.9. The number of nitrogens with one attached hydrogen (secondary N) is 1. The molecule has 2 aromatic rings. The molecule has 0 saturated heterocycles. The highest BCUT2D eigenvalue weighted by Crippen LogP contribution is 2.34. The van der Waals surface area contributed by atoms with Crippen LogP contribution in [-0.2, 0) is 6.18 Å². The van der Waals surface area contributed by atoms with Crippen molar-refractivity contribution in [3.8, 4) is 0 Å². The first kappa shape index (κ1) is 15.2. The summed E-state index contributed by atoms with van der Waals surface area (Å²) < 4.78 is 38.2. The Hall–Kier alpha value is -1.19. The topological polar surface area (TPSA) is 54.9 Å². The summed E-state index contributed by atoms with van der Waals surface area (Å²) in [6.07, 6.45) is -4.49. The van der Waals surface area contributed by atoms with Crippen molar-refractivity contribution in [2.45, 2.75) is 6.18 Å². The number of carbonyl (C=O) groups is 1. The predicted octanol–water partition coefficient (Wildman–Crippen LogP) is 4.23. The molecule has 20 heavy (non-hydrogen) atoms. The summed E-state index contributed by atoms with van der Waals surface area (Å²) in [4.78, 5) is 11.8. The van der Waals surface area contributed by atoms with Crippen molar-refractivity contribution in [3.63, 3.8) is 0 Å². The lowest BCUT2D eigenvalue weighted by atomic mass is 10.2. The molecule has 0 fully saturated rings. The van der Waals surface area contributed by atoms with Crippen LogP contribution >= 0.6 is 38.9 Å². The number of aromatic nitrogens is 2.